The number of hydrogen-bond acceptors (Lipinski definition) is 10. The molecule has 222 valence electrons. The van der Waals surface area contributed by atoms with Gasteiger partial charge in [-0.05, 0) is 46.2 Å². The topological polar surface area (TPSA) is 129 Å². The second-order valence-corrected chi connectivity index (χ2v) is 10.7. The van der Waals surface area contributed by atoms with Gasteiger partial charge in [-0.3, -0.25) is 0 Å². The molecule has 4 N–H and O–H groups in total. The lowest BCUT2D eigenvalue weighted by Crippen LogP contribution is -2.38. The van der Waals surface area contributed by atoms with Crippen LogP contribution in [-0.4, -0.2) is 65.5 Å². The van der Waals surface area contributed by atoms with Crippen LogP contribution in [0.15, 0.2) is 6.07 Å². The van der Waals surface area contributed by atoms with Gasteiger partial charge in [-0.25, -0.2) is 14.4 Å². The molecule has 1 atom stereocenters. The van der Waals surface area contributed by atoms with Crippen LogP contribution in [-0.2, 0) is 10.9 Å². The van der Waals surface area contributed by atoms with E-state index < -0.39 is 40.6 Å². The number of nitrogen functional groups attached to an aromatic ring is 1. The molecule has 5 heterocycles. The number of rotatable bonds is 11. The van der Waals surface area contributed by atoms with E-state index in [0.717, 1.165) is 25.8 Å². The van der Waals surface area contributed by atoms with Gasteiger partial charge in [-0.15, -0.1) is 0 Å². The Bertz CT molecular complexity index is 1440. The van der Waals surface area contributed by atoms with E-state index in [1.165, 1.54) is 0 Å². The number of fused-ring (bicyclic) bond motifs is 2. The monoisotopic (exact) mass is 579 g/mol. The molecular weight excluding hydrogens is 546 g/mol. The van der Waals surface area contributed by atoms with Crippen LogP contribution in [0.3, 0.4) is 0 Å². The first-order chi connectivity index (χ1) is 19.4. The maximum atomic E-state index is 16.4. The van der Waals surface area contributed by atoms with Gasteiger partial charge in [0, 0.05) is 24.1 Å². The van der Waals surface area contributed by atoms with Crippen molar-refractivity contribution in [2.45, 2.75) is 58.4 Å². The summed E-state index contributed by atoms with van der Waals surface area (Å²) in [5.41, 5.74) is 2.63. The normalized spacial score (nSPS) is 20.6. The van der Waals surface area contributed by atoms with E-state index in [1.807, 2.05) is 6.92 Å². The highest BCUT2D eigenvalue weighted by atomic mass is 19.4. The average Bonchev–Trinajstić information content (AvgIpc) is 3.49. The number of hydrogen-bond donors (Lipinski definition) is 3. The predicted molar refractivity (Wildman–Crippen MR) is 144 cm³/mol. The van der Waals surface area contributed by atoms with Gasteiger partial charge < -0.3 is 30.6 Å². The lowest BCUT2D eigenvalue weighted by atomic mass is 9.71. The van der Waals surface area contributed by atoms with Crippen LogP contribution in [0.2, 0.25) is 0 Å². The maximum Gasteiger partial charge on any atom is 0.418 e. The minimum absolute atomic E-state index is 0.0911. The summed E-state index contributed by atoms with van der Waals surface area (Å²) in [6, 6.07) is 0.832. The van der Waals surface area contributed by atoms with Gasteiger partial charge in [0.15, 0.2) is 5.82 Å². The molecule has 6 rings (SSSR count). The lowest BCUT2D eigenvalue weighted by Gasteiger charge is -2.34. The Morgan fingerprint density at radius 3 is 2.59 bits per heavy atom. The number of pyridine rings is 2. The summed E-state index contributed by atoms with van der Waals surface area (Å²) in [4.78, 5) is 16.9. The predicted octanol–water partition coefficient (Wildman–Crippen LogP) is 4.50. The van der Waals surface area contributed by atoms with Crippen molar-refractivity contribution in [3.8, 4) is 23.1 Å². The summed E-state index contributed by atoms with van der Waals surface area (Å²) < 4.78 is 76.6. The zero-order valence-electron chi connectivity index (χ0n) is 23.3. The van der Waals surface area contributed by atoms with Gasteiger partial charge in [0.2, 0.25) is 5.88 Å². The number of aryl methyl sites for hydroxylation is 1. The van der Waals surface area contributed by atoms with E-state index in [0.29, 0.717) is 26.1 Å². The number of halogens is 4. The Hall–Kier alpha value is -3.52. The Morgan fingerprint density at radius 1 is 1.20 bits per heavy atom. The molecule has 0 radical (unpaired) electrons. The maximum absolute atomic E-state index is 16.4. The molecule has 3 fully saturated rings. The van der Waals surface area contributed by atoms with Crippen molar-refractivity contribution in [1.82, 2.24) is 25.3 Å². The SMILES string of the molecule is CCC(C)Oc1nc(-c2cc(N)nc(C)c2C(F)(F)F)c(F)c2nc(OCC34COC(C3)C4)nc(NCCNC)c12. The van der Waals surface area contributed by atoms with E-state index in [2.05, 4.69) is 30.6 Å². The van der Waals surface area contributed by atoms with Gasteiger partial charge in [0.25, 0.3) is 0 Å². The highest BCUT2D eigenvalue weighted by Crippen LogP contribution is 2.50. The summed E-state index contributed by atoms with van der Waals surface area (Å²) in [5.74, 6) is -1.24. The molecule has 1 unspecified atom stereocenters. The minimum Gasteiger partial charge on any atom is -0.474 e. The van der Waals surface area contributed by atoms with Crippen molar-refractivity contribution >= 4 is 22.5 Å². The number of nitrogens with two attached hydrogens (primary N) is 1. The third kappa shape index (κ3) is 5.67. The fraction of sp³-hybridized carbons (Fsp3) is 0.556. The molecule has 0 aromatic carbocycles. The Balaban J connectivity index is 1.72. The molecule has 2 aliphatic heterocycles. The molecular formula is C27H33F4N7O3. The second-order valence-electron chi connectivity index (χ2n) is 10.7. The highest BCUT2D eigenvalue weighted by molar-refractivity contribution is 5.96. The Kier molecular flexibility index (Phi) is 7.81. The van der Waals surface area contributed by atoms with Gasteiger partial charge >= 0.3 is 12.2 Å². The summed E-state index contributed by atoms with van der Waals surface area (Å²) in [6.45, 7) is 6.56. The van der Waals surface area contributed by atoms with Crippen LogP contribution in [0.1, 0.15) is 44.4 Å². The van der Waals surface area contributed by atoms with Crippen LogP contribution in [0.25, 0.3) is 22.2 Å². The number of nitrogens with zero attached hydrogens (tertiary/aromatic N) is 4. The zero-order valence-corrected chi connectivity index (χ0v) is 23.3. The second kappa shape index (κ2) is 11.0. The Labute approximate surface area is 234 Å². The van der Waals surface area contributed by atoms with Crippen LogP contribution in [0.5, 0.6) is 11.9 Å². The van der Waals surface area contributed by atoms with E-state index >= 15 is 4.39 Å². The lowest BCUT2D eigenvalue weighted by molar-refractivity contribution is -0.137. The molecule has 1 saturated carbocycles. The number of alkyl halides is 3. The highest BCUT2D eigenvalue weighted by Gasteiger charge is 2.52. The number of nitrogens with one attached hydrogen (secondary N) is 2. The van der Waals surface area contributed by atoms with Crippen LogP contribution >= 0.6 is 0 Å². The van der Waals surface area contributed by atoms with Crippen molar-refractivity contribution in [2.24, 2.45) is 5.41 Å². The summed E-state index contributed by atoms with van der Waals surface area (Å²) in [6.07, 6.45) is -2.77. The molecule has 41 heavy (non-hydrogen) atoms. The summed E-state index contributed by atoms with van der Waals surface area (Å²) >= 11 is 0. The zero-order chi connectivity index (χ0) is 29.5. The van der Waals surface area contributed by atoms with E-state index in [-0.39, 0.29) is 52.6 Å². The van der Waals surface area contributed by atoms with Crippen molar-refractivity contribution in [3.63, 3.8) is 0 Å². The third-order valence-electron chi connectivity index (χ3n) is 7.50. The Morgan fingerprint density at radius 2 is 1.95 bits per heavy atom. The quantitative estimate of drug-likeness (QED) is 0.221. The molecule has 2 bridgehead atoms. The van der Waals surface area contributed by atoms with Gasteiger partial charge in [0.05, 0.1) is 36.7 Å². The molecule has 3 aromatic heterocycles. The molecule has 3 aromatic rings. The first-order valence-electron chi connectivity index (χ1n) is 13.5. The van der Waals surface area contributed by atoms with Crippen molar-refractivity contribution in [2.75, 3.05) is 44.4 Å². The van der Waals surface area contributed by atoms with Crippen LogP contribution in [0, 0.1) is 18.2 Å². The molecule has 0 spiro atoms. The number of anilines is 2. The summed E-state index contributed by atoms with van der Waals surface area (Å²) in [5, 5.41) is 6.23. The van der Waals surface area contributed by atoms with Crippen molar-refractivity contribution < 1.29 is 31.8 Å². The first kappa shape index (κ1) is 29.0. The largest absolute Gasteiger partial charge is 0.474 e. The van der Waals surface area contributed by atoms with E-state index in [9.17, 15) is 13.2 Å². The van der Waals surface area contributed by atoms with E-state index in [4.69, 9.17) is 19.9 Å². The average molecular weight is 580 g/mol. The van der Waals surface area contributed by atoms with Gasteiger partial charge in [-0.2, -0.15) is 23.1 Å². The third-order valence-corrected chi connectivity index (χ3v) is 7.50. The fourth-order valence-corrected chi connectivity index (χ4v) is 5.21. The molecule has 10 nitrogen and oxygen atoms in total. The summed E-state index contributed by atoms with van der Waals surface area (Å²) in [7, 11) is 1.77. The minimum atomic E-state index is -4.86. The molecule has 3 aliphatic rings. The molecule has 2 saturated heterocycles. The number of aromatic nitrogens is 4. The smallest absolute Gasteiger partial charge is 0.418 e. The van der Waals surface area contributed by atoms with E-state index in [1.54, 1.807) is 14.0 Å². The number of ether oxygens (including phenoxy) is 3. The van der Waals surface area contributed by atoms with Crippen LogP contribution < -0.4 is 25.8 Å². The van der Waals surface area contributed by atoms with Gasteiger partial charge in [-0.1, -0.05) is 6.92 Å². The van der Waals surface area contributed by atoms with Crippen LogP contribution in [0.4, 0.5) is 29.2 Å². The fourth-order valence-electron chi connectivity index (χ4n) is 5.21. The standard InChI is InChI=1S/C27H33F4N7O3/c1-5-13(2)41-24-18-22(20(28)21(36-24)16-8-17(32)35-14(3)19(16)27(29,30)31)37-25(38-23(18)34-7-6-33-4)40-12-26-9-15(10-26)39-11-26/h8,13,15,33H,5-7,9-12H2,1-4H3,(H2,32,35)(H,34,37,38). The van der Waals surface area contributed by atoms with Crippen molar-refractivity contribution in [1.29, 1.82) is 0 Å². The number of likely N-dealkylation sites (N-methyl/N-ethyl adjacent to an activating group) is 1. The van der Waals surface area contributed by atoms with Gasteiger partial charge in [0.1, 0.15) is 28.2 Å². The molecule has 14 heteroatoms. The first-order valence-corrected chi connectivity index (χ1v) is 13.5. The van der Waals surface area contributed by atoms with Crippen molar-refractivity contribution in [3.05, 3.63) is 23.1 Å². The molecule has 1 aliphatic carbocycles. The molecule has 0 amide bonds.